The van der Waals surface area contributed by atoms with E-state index in [1.165, 1.54) is 5.32 Å². The Kier molecular flexibility index (Phi) is 2.91. The van der Waals surface area contributed by atoms with Crippen LogP contribution in [0.4, 0.5) is 18.0 Å². The van der Waals surface area contributed by atoms with E-state index in [1.807, 2.05) is 0 Å². The normalized spacial score (nSPS) is 29.8. The average Bonchev–Trinajstić information content (AvgIpc) is 2.15. The molecule has 1 aliphatic rings. The van der Waals surface area contributed by atoms with Gasteiger partial charge in [-0.15, -0.1) is 0 Å². The van der Waals surface area contributed by atoms with Gasteiger partial charge in [0.05, 0.1) is 7.11 Å². The third-order valence-electron chi connectivity index (χ3n) is 1.98. The van der Waals surface area contributed by atoms with Gasteiger partial charge in [0.25, 0.3) is 5.72 Å². The molecule has 2 amide bonds. The van der Waals surface area contributed by atoms with Crippen LogP contribution in [0, 0.1) is 5.92 Å². The highest BCUT2D eigenvalue weighted by molar-refractivity contribution is 5.99. The van der Waals surface area contributed by atoms with Gasteiger partial charge in [-0.3, -0.25) is 10.1 Å². The molecule has 1 rings (SSSR count). The smallest absolute Gasteiger partial charge is 0.437 e. The summed E-state index contributed by atoms with van der Waals surface area (Å²) in [5.41, 5.74) is -3.70. The van der Waals surface area contributed by atoms with E-state index in [0.29, 0.717) is 6.21 Å². The minimum atomic E-state index is -5.23. The van der Waals surface area contributed by atoms with Gasteiger partial charge < -0.3 is 9.84 Å². The Bertz CT molecular complexity index is 354. The lowest BCUT2D eigenvalue weighted by Crippen LogP contribution is -2.67. The van der Waals surface area contributed by atoms with Crippen molar-refractivity contribution in [3.63, 3.8) is 0 Å². The molecular formula is C7H7F3N2O4. The van der Waals surface area contributed by atoms with E-state index in [9.17, 15) is 27.9 Å². The topological polar surface area (TPSA) is 88.0 Å². The number of carbonyl (C=O) groups excluding carboxylic acids is 2. The summed E-state index contributed by atoms with van der Waals surface area (Å²) in [5, 5.41) is 10.5. The summed E-state index contributed by atoms with van der Waals surface area (Å²) in [7, 11) is 0.851. The Hall–Kier alpha value is -1.64. The number of urea groups is 1. The first kappa shape index (κ1) is 12.4. The van der Waals surface area contributed by atoms with Crippen molar-refractivity contribution in [2.24, 2.45) is 10.9 Å². The number of halogens is 3. The van der Waals surface area contributed by atoms with Crippen LogP contribution in [0.15, 0.2) is 4.99 Å². The molecule has 0 aromatic carbocycles. The summed E-state index contributed by atoms with van der Waals surface area (Å²) in [6, 6.07) is -1.39. The Morgan fingerprint density at radius 2 is 2.25 bits per heavy atom. The zero-order valence-corrected chi connectivity index (χ0v) is 7.91. The highest BCUT2D eigenvalue weighted by atomic mass is 19.4. The molecule has 0 bridgehead atoms. The van der Waals surface area contributed by atoms with Crippen LogP contribution < -0.4 is 5.32 Å². The summed E-state index contributed by atoms with van der Waals surface area (Å²) in [5.74, 6) is -3.49. The van der Waals surface area contributed by atoms with E-state index < -0.39 is 29.8 Å². The van der Waals surface area contributed by atoms with E-state index >= 15 is 0 Å². The van der Waals surface area contributed by atoms with Crippen molar-refractivity contribution in [2.45, 2.75) is 11.9 Å². The van der Waals surface area contributed by atoms with Crippen molar-refractivity contribution in [3.05, 3.63) is 0 Å². The number of alkyl halides is 3. The van der Waals surface area contributed by atoms with Crippen LogP contribution in [-0.4, -0.2) is 42.3 Å². The van der Waals surface area contributed by atoms with Crippen LogP contribution >= 0.6 is 0 Å². The van der Waals surface area contributed by atoms with Crippen molar-refractivity contribution in [1.29, 1.82) is 0 Å². The standard InChI is InChI=1S/C7H7F3N2O4/c1-16-4(13)3-2-11-5(14)12-6(3,15)7(8,9)10/h2-3,15H,1H3,(H,12,14). The summed E-state index contributed by atoms with van der Waals surface area (Å²) < 4.78 is 41.6. The predicted molar refractivity (Wildman–Crippen MR) is 43.5 cm³/mol. The fraction of sp³-hybridized carbons (Fsp3) is 0.571. The average molecular weight is 240 g/mol. The molecule has 2 N–H and O–H groups in total. The van der Waals surface area contributed by atoms with Crippen LogP contribution in [-0.2, 0) is 9.53 Å². The summed E-state index contributed by atoms with van der Waals surface area (Å²) >= 11 is 0. The fourth-order valence-corrected chi connectivity index (χ4v) is 1.13. The first-order valence-corrected chi connectivity index (χ1v) is 3.95. The highest BCUT2D eigenvalue weighted by Crippen LogP contribution is 2.35. The monoisotopic (exact) mass is 240 g/mol. The molecule has 90 valence electrons. The largest absolute Gasteiger partial charge is 0.468 e. The lowest BCUT2D eigenvalue weighted by molar-refractivity contribution is -0.279. The maximum atomic E-state index is 12.5. The van der Waals surface area contributed by atoms with Gasteiger partial charge in [-0.1, -0.05) is 0 Å². The van der Waals surface area contributed by atoms with Crippen LogP contribution in [0.5, 0.6) is 0 Å². The molecule has 0 aromatic heterocycles. The van der Waals surface area contributed by atoms with Crippen molar-refractivity contribution in [1.82, 2.24) is 5.32 Å². The Morgan fingerprint density at radius 1 is 1.69 bits per heavy atom. The molecule has 9 heteroatoms. The predicted octanol–water partition coefficient (Wildman–Crippen LogP) is -0.179. The van der Waals surface area contributed by atoms with Gasteiger partial charge >= 0.3 is 18.2 Å². The molecule has 6 nitrogen and oxygen atoms in total. The minimum Gasteiger partial charge on any atom is -0.468 e. The molecule has 0 radical (unpaired) electrons. The number of methoxy groups -OCH3 is 1. The SMILES string of the molecule is COC(=O)C1C=NC(=O)NC1(O)C(F)(F)F. The van der Waals surface area contributed by atoms with Gasteiger partial charge in [0.2, 0.25) is 0 Å². The number of amides is 2. The van der Waals surface area contributed by atoms with Crippen LogP contribution in [0.2, 0.25) is 0 Å². The first-order chi connectivity index (χ1) is 7.22. The van der Waals surface area contributed by atoms with Crippen molar-refractivity contribution in [2.75, 3.05) is 7.11 Å². The molecule has 2 atom stereocenters. The number of aliphatic hydroxyl groups is 1. The number of aliphatic imine (C=N–C) groups is 1. The number of hydrogen-bond acceptors (Lipinski definition) is 4. The van der Waals surface area contributed by atoms with Crippen LogP contribution in [0.3, 0.4) is 0 Å². The van der Waals surface area contributed by atoms with Gasteiger partial charge in [-0.05, 0) is 0 Å². The number of nitrogens with zero attached hydrogens (tertiary/aromatic N) is 1. The molecule has 0 aliphatic carbocycles. The third kappa shape index (κ3) is 1.85. The zero-order chi connectivity index (χ0) is 12.6. The van der Waals surface area contributed by atoms with Gasteiger partial charge in [0, 0.05) is 6.21 Å². The van der Waals surface area contributed by atoms with E-state index in [1.54, 1.807) is 0 Å². The molecule has 1 aliphatic heterocycles. The highest BCUT2D eigenvalue weighted by Gasteiger charge is 2.63. The summed E-state index contributed by atoms with van der Waals surface area (Å²) in [6.45, 7) is 0. The molecule has 0 aromatic rings. The van der Waals surface area contributed by atoms with Crippen LogP contribution in [0.25, 0.3) is 0 Å². The van der Waals surface area contributed by atoms with Crippen LogP contribution in [0.1, 0.15) is 0 Å². The molecule has 0 saturated carbocycles. The second kappa shape index (κ2) is 3.74. The molecular weight excluding hydrogens is 233 g/mol. The number of nitrogens with one attached hydrogen (secondary N) is 1. The maximum absolute atomic E-state index is 12.5. The molecule has 2 unspecified atom stereocenters. The zero-order valence-electron chi connectivity index (χ0n) is 7.91. The van der Waals surface area contributed by atoms with E-state index in [2.05, 4.69) is 9.73 Å². The van der Waals surface area contributed by atoms with Crippen molar-refractivity contribution >= 4 is 18.2 Å². The second-order valence-corrected chi connectivity index (χ2v) is 2.97. The molecule has 0 saturated heterocycles. The second-order valence-electron chi connectivity index (χ2n) is 2.97. The number of esters is 1. The Labute approximate surface area is 87.1 Å². The fourth-order valence-electron chi connectivity index (χ4n) is 1.13. The van der Waals surface area contributed by atoms with E-state index in [4.69, 9.17) is 0 Å². The number of rotatable bonds is 1. The third-order valence-corrected chi connectivity index (χ3v) is 1.98. The van der Waals surface area contributed by atoms with Crippen molar-refractivity contribution in [3.8, 4) is 0 Å². The van der Waals surface area contributed by atoms with Crippen molar-refractivity contribution < 1.29 is 32.6 Å². The van der Waals surface area contributed by atoms with Gasteiger partial charge in [-0.25, -0.2) is 9.79 Å². The Morgan fingerprint density at radius 3 is 2.69 bits per heavy atom. The molecule has 0 fully saturated rings. The summed E-state index contributed by atoms with van der Waals surface area (Å²) in [4.78, 5) is 24.6. The molecule has 0 spiro atoms. The number of hydrogen-bond donors (Lipinski definition) is 2. The molecule has 16 heavy (non-hydrogen) atoms. The van der Waals surface area contributed by atoms with E-state index in [-0.39, 0.29) is 0 Å². The van der Waals surface area contributed by atoms with E-state index in [0.717, 1.165) is 7.11 Å². The van der Waals surface area contributed by atoms with Gasteiger partial charge in [-0.2, -0.15) is 13.2 Å². The first-order valence-electron chi connectivity index (χ1n) is 3.95. The van der Waals surface area contributed by atoms with Gasteiger partial charge in [0.15, 0.2) is 0 Å². The van der Waals surface area contributed by atoms with Gasteiger partial charge in [0.1, 0.15) is 5.92 Å². The quantitative estimate of drug-likeness (QED) is 0.622. The lowest BCUT2D eigenvalue weighted by atomic mass is 9.95. The lowest BCUT2D eigenvalue weighted by Gasteiger charge is -2.35. The minimum absolute atomic E-state index is 0.401. The number of ether oxygens (including phenoxy) is 1. The molecule has 1 heterocycles. The summed E-state index contributed by atoms with van der Waals surface area (Å²) in [6.07, 6.45) is -4.83. The Balaban J connectivity index is 3.18. The maximum Gasteiger partial charge on any atom is 0.437 e. The number of carbonyl (C=O) groups is 2.